The summed E-state index contributed by atoms with van der Waals surface area (Å²) in [5.41, 5.74) is -0.816. The van der Waals surface area contributed by atoms with E-state index in [1.165, 1.54) is 19.4 Å². The van der Waals surface area contributed by atoms with E-state index in [4.69, 9.17) is 0 Å². The molecule has 2 unspecified atom stereocenters. The molecule has 118 valence electrons. The number of likely N-dealkylation sites (N-methyl/N-ethyl adjacent to an activating group) is 3. The zero-order valence-corrected chi connectivity index (χ0v) is 13.5. The fraction of sp³-hybridized carbons (Fsp3) is 0.933. The van der Waals surface area contributed by atoms with Gasteiger partial charge in [-0.05, 0) is 52.9 Å². The van der Waals surface area contributed by atoms with Gasteiger partial charge in [-0.1, -0.05) is 13.8 Å². The van der Waals surface area contributed by atoms with Crippen molar-refractivity contribution in [1.29, 1.82) is 0 Å². The summed E-state index contributed by atoms with van der Waals surface area (Å²) in [7, 11) is 2.10. The van der Waals surface area contributed by atoms with Crippen molar-refractivity contribution in [3.8, 4) is 0 Å². The van der Waals surface area contributed by atoms with E-state index >= 15 is 0 Å². The maximum atomic E-state index is 11.4. The topological polar surface area (TPSA) is 55.8 Å². The first-order valence-electron chi connectivity index (χ1n) is 7.84. The number of carbonyl (C=O) groups is 1. The highest BCUT2D eigenvalue weighted by atomic mass is 16.4. The van der Waals surface area contributed by atoms with Gasteiger partial charge in [-0.2, -0.15) is 0 Å². The van der Waals surface area contributed by atoms with Crippen LogP contribution in [0.25, 0.3) is 0 Å². The number of carboxylic acid groups (broad SMARTS) is 1. The standard InChI is InChI=1S/C15H31N3O2/c1-5-16-15(3,14(19)20)9-11-17(4)12-13-8-7-10-18(13)6-2/h13,16H,5-12H2,1-4H3,(H,19,20). The third-order valence-corrected chi connectivity index (χ3v) is 4.46. The summed E-state index contributed by atoms with van der Waals surface area (Å²) in [5, 5.41) is 12.4. The van der Waals surface area contributed by atoms with Crippen LogP contribution in [0.3, 0.4) is 0 Å². The molecule has 5 nitrogen and oxygen atoms in total. The Balaban J connectivity index is 2.41. The minimum absolute atomic E-state index is 0.630. The van der Waals surface area contributed by atoms with Crippen LogP contribution in [0.15, 0.2) is 0 Å². The van der Waals surface area contributed by atoms with Gasteiger partial charge in [0.2, 0.25) is 0 Å². The van der Waals surface area contributed by atoms with Crippen molar-refractivity contribution in [1.82, 2.24) is 15.1 Å². The highest BCUT2D eigenvalue weighted by Crippen LogP contribution is 2.18. The number of rotatable bonds is 9. The summed E-state index contributed by atoms with van der Waals surface area (Å²) >= 11 is 0. The molecule has 1 fully saturated rings. The van der Waals surface area contributed by atoms with Gasteiger partial charge in [0.15, 0.2) is 0 Å². The van der Waals surface area contributed by atoms with E-state index in [1.807, 2.05) is 6.92 Å². The molecule has 1 rings (SSSR count). The number of hydrogen-bond acceptors (Lipinski definition) is 4. The van der Waals surface area contributed by atoms with Crippen molar-refractivity contribution in [2.24, 2.45) is 0 Å². The average Bonchev–Trinajstić information content (AvgIpc) is 2.83. The van der Waals surface area contributed by atoms with Gasteiger partial charge >= 0.3 is 5.97 Å². The molecule has 1 aliphatic heterocycles. The summed E-state index contributed by atoms with van der Waals surface area (Å²) in [5.74, 6) is -0.760. The van der Waals surface area contributed by atoms with Crippen LogP contribution >= 0.6 is 0 Å². The van der Waals surface area contributed by atoms with E-state index in [0.717, 1.165) is 19.6 Å². The second-order valence-corrected chi connectivity index (χ2v) is 6.10. The number of nitrogens with one attached hydrogen (secondary N) is 1. The average molecular weight is 285 g/mol. The van der Waals surface area contributed by atoms with Gasteiger partial charge in [-0.25, -0.2) is 0 Å². The zero-order valence-electron chi connectivity index (χ0n) is 13.5. The van der Waals surface area contributed by atoms with Crippen molar-refractivity contribution in [2.45, 2.75) is 51.6 Å². The van der Waals surface area contributed by atoms with Crippen LogP contribution in [-0.4, -0.2) is 72.2 Å². The van der Waals surface area contributed by atoms with Crippen molar-refractivity contribution in [3.05, 3.63) is 0 Å². The predicted molar refractivity (Wildman–Crippen MR) is 82.1 cm³/mol. The Bertz CT molecular complexity index is 311. The molecule has 0 aliphatic carbocycles. The first-order valence-corrected chi connectivity index (χ1v) is 7.84. The van der Waals surface area contributed by atoms with Crippen LogP contribution in [-0.2, 0) is 4.79 Å². The molecule has 0 aromatic heterocycles. The number of nitrogens with zero attached hydrogens (tertiary/aromatic N) is 2. The normalized spacial score (nSPS) is 23.1. The smallest absolute Gasteiger partial charge is 0.323 e. The summed E-state index contributed by atoms with van der Waals surface area (Å²) < 4.78 is 0. The molecule has 2 atom stereocenters. The van der Waals surface area contributed by atoms with Gasteiger partial charge in [0.25, 0.3) is 0 Å². The lowest BCUT2D eigenvalue weighted by Crippen LogP contribution is -2.51. The quantitative estimate of drug-likeness (QED) is 0.668. The van der Waals surface area contributed by atoms with Gasteiger partial charge in [0.1, 0.15) is 5.54 Å². The Labute approximate surface area is 123 Å². The Morgan fingerprint density at radius 2 is 2.20 bits per heavy atom. The molecule has 0 amide bonds. The summed E-state index contributed by atoms with van der Waals surface area (Å²) in [6, 6.07) is 0.639. The Hall–Kier alpha value is -0.650. The molecule has 0 saturated carbocycles. The number of likely N-dealkylation sites (tertiary alicyclic amines) is 1. The van der Waals surface area contributed by atoms with E-state index in [0.29, 0.717) is 19.0 Å². The monoisotopic (exact) mass is 285 g/mol. The lowest BCUT2D eigenvalue weighted by molar-refractivity contribution is -0.144. The van der Waals surface area contributed by atoms with Crippen molar-refractivity contribution in [3.63, 3.8) is 0 Å². The van der Waals surface area contributed by atoms with Crippen LogP contribution < -0.4 is 5.32 Å². The summed E-state index contributed by atoms with van der Waals surface area (Å²) in [6.45, 7) is 10.8. The van der Waals surface area contributed by atoms with Gasteiger partial charge in [-0.3, -0.25) is 9.69 Å². The lowest BCUT2D eigenvalue weighted by atomic mass is 9.97. The molecule has 1 saturated heterocycles. The number of carboxylic acids is 1. The first-order chi connectivity index (χ1) is 9.42. The highest BCUT2D eigenvalue weighted by molar-refractivity contribution is 5.78. The molecule has 1 heterocycles. The Morgan fingerprint density at radius 3 is 2.75 bits per heavy atom. The molecule has 0 aromatic carbocycles. The maximum absolute atomic E-state index is 11.4. The third-order valence-electron chi connectivity index (χ3n) is 4.46. The molecule has 5 heteroatoms. The van der Waals surface area contributed by atoms with Gasteiger partial charge in [0, 0.05) is 19.1 Å². The predicted octanol–water partition coefficient (Wildman–Crippen LogP) is 1.25. The van der Waals surface area contributed by atoms with Crippen molar-refractivity contribution < 1.29 is 9.90 Å². The molecule has 1 aliphatic rings. The molecular formula is C15H31N3O2. The summed E-state index contributed by atoms with van der Waals surface area (Å²) in [4.78, 5) is 16.2. The Kier molecular flexibility index (Phi) is 6.92. The van der Waals surface area contributed by atoms with E-state index in [-0.39, 0.29) is 0 Å². The zero-order chi connectivity index (χ0) is 15.2. The molecule has 2 N–H and O–H groups in total. The molecule has 0 bridgehead atoms. The van der Waals surface area contributed by atoms with E-state index in [2.05, 4.69) is 29.1 Å². The van der Waals surface area contributed by atoms with Gasteiger partial charge in [-0.15, -0.1) is 0 Å². The van der Waals surface area contributed by atoms with Crippen LogP contribution in [0.5, 0.6) is 0 Å². The maximum Gasteiger partial charge on any atom is 0.323 e. The second-order valence-electron chi connectivity index (χ2n) is 6.10. The SMILES string of the molecule is CCNC(C)(CCN(C)CC1CCCN1CC)C(=O)O. The molecule has 0 spiro atoms. The van der Waals surface area contributed by atoms with Gasteiger partial charge in [0.05, 0.1) is 0 Å². The van der Waals surface area contributed by atoms with Gasteiger partial charge < -0.3 is 15.3 Å². The fourth-order valence-corrected chi connectivity index (χ4v) is 3.04. The van der Waals surface area contributed by atoms with E-state index in [1.54, 1.807) is 6.92 Å². The minimum atomic E-state index is -0.816. The second kappa shape index (κ2) is 7.96. The highest BCUT2D eigenvalue weighted by Gasteiger charge is 2.32. The molecule has 20 heavy (non-hydrogen) atoms. The number of hydrogen-bond donors (Lipinski definition) is 2. The molecular weight excluding hydrogens is 254 g/mol. The summed E-state index contributed by atoms with van der Waals surface area (Å²) in [6.07, 6.45) is 3.18. The third kappa shape index (κ3) is 4.72. The van der Waals surface area contributed by atoms with Crippen LogP contribution in [0, 0.1) is 0 Å². The van der Waals surface area contributed by atoms with Crippen molar-refractivity contribution in [2.75, 3.05) is 39.8 Å². The Morgan fingerprint density at radius 1 is 1.50 bits per heavy atom. The van der Waals surface area contributed by atoms with Crippen molar-refractivity contribution >= 4 is 5.97 Å². The fourth-order valence-electron chi connectivity index (χ4n) is 3.04. The largest absolute Gasteiger partial charge is 0.480 e. The number of aliphatic carboxylic acids is 1. The van der Waals surface area contributed by atoms with Crippen LogP contribution in [0.2, 0.25) is 0 Å². The minimum Gasteiger partial charge on any atom is -0.480 e. The van der Waals surface area contributed by atoms with Crippen LogP contribution in [0.1, 0.15) is 40.0 Å². The van der Waals surface area contributed by atoms with Crippen LogP contribution in [0.4, 0.5) is 0 Å². The first kappa shape index (κ1) is 17.4. The molecule has 0 aromatic rings. The van der Waals surface area contributed by atoms with E-state index < -0.39 is 11.5 Å². The molecule has 0 radical (unpaired) electrons. The van der Waals surface area contributed by atoms with E-state index in [9.17, 15) is 9.90 Å². The lowest BCUT2D eigenvalue weighted by Gasteiger charge is -2.31.